The van der Waals surface area contributed by atoms with E-state index in [0.29, 0.717) is 10.6 Å². The van der Waals surface area contributed by atoms with Crippen LogP contribution in [0.4, 0.5) is 4.39 Å². The Hall–Kier alpha value is -1.45. The lowest BCUT2D eigenvalue weighted by Gasteiger charge is -2.20. The molecule has 2 rings (SSSR count). The molecular formula is C16H18ClFN2. The molecule has 0 amide bonds. The van der Waals surface area contributed by atoms with Crippen LogP contribution in [-0.4, -0.2) is 11.5 Å². The molecule has 0 aliphatic carbocycles. The van der Waals surface area contributed by atoms with Crippen LogP contribution in [0.3, 0.4) is 0 Å². The van der Waals surface area contributed by atoms with E-state index in [-0.39, 0.29) is 11.9 Å². The van der Waals surface area contributed by atoms with E-state index in [2.05, 4.69) is 17.2 Å². The third-order valence-corrected chi connectivity index (χ3v) is 3.51. The van der Waals surface area contributed by atoms with E-state index in [1.165, 1.54) is 0 Å². The van der Waals surface area contributed by atoms with Gasteiger partial charge in [-0.15, -0.1) is 0 Å². The number of rotatable bonds is 5. The highest BCUT2D eigenvalue weighted by molar-refractivity contribution is 6.31. The highest BCUT2D eigenvalue weighted by atomic mass is 35.5. The van der Waals surface area contributed by atoms with Gasteiger partial charge in [0.15, 0.2) is 0 Å². The Morgan fingerprint density at radius 2 is 2.15 bits per heavy atom. The molecule has 0 saturated heterocycles. The largest absolute Gasteiger partial charge is 0.305 e. The first-order valence-corrected chi connectivity index (χ1v) is 7.11. The maximum atomic E-state index is 13.8. The van der Waals surface area contributed by atoms with E-state index >= 15 is 0 Å². The average Bonchev–Trinajstić information content (AvgIpc) is 2.44. The predicted molar refractivity (Wildman–Crippen MR) is 80.5 cm³/mol. The van der Waals surface area contributed by atoms with E-state index in [1.54, 1.807) is 37.4 Å². The van der Waals surface area contributed by atoms with Gasteiger partial charge in [-0.1, -0.05) is 30.7 Å². The highest BCUT2D eigenvalue weighted by Gasteiger charge is 2.18. The Balaban J connectivity index is 2.41. The summed E-state index contributed by atoms with van der Waals surface area (Å²) >= 11 is 6.22. The van der Waals surface area contributed by atoms with Crippen LogP contribution in [0.25, 0.3) is 0 Å². The van der Waals surface area contributed by atoms with Crippen molar-refractivity contribution in [2.24, 2.45) is 0 Å². The van der Waals surface area contributed by atoms with Crippen molar-refractivity contribution in [2.45, 2.75) is 26.3 Å². The molecule has 1 aromatic heterocycles. The topological polar surface area (TPSA) is 24.9 Å². The molecule has 1 heterocycles. The van der Waals surface area contributed by atoms with Gasteiger partial charge >= 0.3 is 0 Å². The van der Waals surface area contributed by atoms with Gasteiger partial charge in [-0.25, -0.2) is 4.39 Å². The molecule has 0 fully saturated rings. The Morgan fingerprint density at radius 1 is 1.35 bits per heavy atom. The van der Waals surface area contributed by atoms with Crippen LogP contribution in [0.5, 0.6) is 0 Å². The molecule has 0 aliphatic heterocycles. The fourth-order valence-electron chi connectivity index (χ4n) is 2.06. The van der Waals surface area contributed by atoms with Crippen molar-refractivity contribution in [2.75, 3.05) is 6.54 Å². The molecule has 1 N–H and O–H groups in total. The second-order valence-corrected chi connectivity index (χ2v) is 5.17. The number of pyridine rings is 1. The summed E-state index contributed by atoms with van der Waals surface area (Å²) in [4.78, 5) is 4.34. The normalized spacial score (nSPS) is 12.4. The number of nitrogens with one attached hydrogen (secondary N) is 1. The highest BCUT2D eigenvalue weighted by Crippen LogP contribution is 2.27. The number of hydrogen-bond donors (Lipinski definition) is 1. The van der Waals surface area contributed by atoms with Crippen LogP contribution in [0.15, 0.2) is 36.5 Å². The third-order valence-electron chi connectivity index (χ3n) is 3.19. The zero-order valence-electron chi connectivity index (χ0n) is 11.7. The summed E-state index contributed by atoms with van der Waals surface area (Å²) in [5, 5.41) is 3.96. The zero-order chi connectivity index (χ0) is 14.5. The number of aryl methyl sites for hydroxylation is 1. The van der Waals surface area contributed by atoms with Crippen molar-refractivity contribution in [3.63, 3.8) is 0 Å². The second-order valence-electron chi connectivity index (χ2n) is 4.77. The maximum absolute atomic E-state index is 13.8. The molecule has 0 saturated carbocycles. The molecule has 1 atom stereocenters. The van der Waals surface area contributed by atoms with Crippen LogP contribution in [0.2, 0.25) is 5.02 Å². The zero-order valence-corrected chi connectivity index (χ0v) is 12.4. The summed E-state index contributed by atoms with van der Waals surface area (Å²) in [6.45, 7) is 4.65. The van der Waals surface area contributed by atoms with Crippen LogP contribution >= 0.6 is 11.6 Å². The summed E-state index contributed by atoms with van der Waals surface area (Å²) < 4.78 is 13.8. The van der Waals surface area contributed by atoms with Gasteiger partial charge in [-0.2, -0.15) is 0 Å². The molecule has 1 unspecified atom stereocenters. The molecule has 106 valence electrons. The number of nitrogens with zero attached hydrogens (tertiary/aromatic N) is 1. The first kappa shape index (κ1) is 14.9. The monoisotopic (exact) mass is 292 g/mol. The lowest BCUT2D eigenvalue weighted by Crippen LogP contribution is -2.24. The van der Waals surface area contributed by atoms with E-state index in [9.17, 15) is 4.39 Å². The van der Waals surface area contributed by atoms with Crippen LogP contribution in [-0.2, 0) is 0 Å². The van der Waals surface area contributed by atoms with Crippen LogP contribution in [0.1, 0.15) is 36.2 Å². The molecular weight excluding hydrogens is 275 g/mol. The minimum atomic E-state index is -0.210. The molecule has 2 nitrogen and oxygen atoms in total. The summed E-state index contributed by atoms with van der Waals surface area (Å²) in [6, 6.07) is 8.64. The van der Waals surface area contributed by atoms with Crippen LogP contribution < -0.4 is 5.32 Å². The van der Waals surface area contributed by atoms with Crippen molar-refractivity contribution in [1.29, 1.82) is 0 Å². The second kappa shape index (κ2) is 6.82. The molecule has 0 spiro atoms. The Labute approximate surface area is 124 Å². The number of halogens is 2. The fraction of sp³-hybridized carbons (Fsp3) is 0.312. The summed E-state index contributed by atoms with van der Waals surface area (Å²) in [6.07, 6.45) is 2.68. The number of aromatic nitrogens is 1. The van der Waals surface area contributed by atoms with E-state index < -0.39 is 0 Å². The van der Waals surface area contributed by atoms with Crippen molar-refractivity contribution < 1.29 is 4.39 Å². The molecule has 0 radical (unpaired) electrons. The van der Waals surface area contributed by atoms with Crippen molar-refractivity contribution in [1.82, 2.24) is 10.3 Å². The van der Waals surface area contributed by atoms with Crippen LogP contribution in [0, 0.1) is 12.7 Å². The van der Waals surface area contributed by atoms with Gasteiger partial charge in [-0.05, 0) is 49.2 Å². The van der Waals surface area contributed by atoms with E-state index in [0.717, 1.165) is 24.2 Å². The summed E-state index contributed by atoms with van der Waals surface area (Å²) in [5.41, 5.74) is 2.20. The van der Waals surface area contributed by atoms with E-state index in [4.69, 9.17) is 11.6 Å². The summed E-state index contributed by atoms with van der Waals surface area (Å²) in [7, 11) is 0. The molecule has 0 bridgehead atoms. The average molecular weight is 293 g/mol. The number of hydrogen-bond acceptors (Lipinski definition) is 2. The predicted octanol–water partition coefficient (Wildman–Crippen LogP) is 4.27. The van der Waals surface area contributed by atoms with Gasteiger partial charge in [0.2, 0.25) is 0 Å². The van der Waals surface area contributed by atoms with E-state index in [1.807, 2.05) is 6.07 Å². The Bertz CT molecular complexity index is 586. The molecule has 2 aromatic rings. The summed E-state index contributed by atoms with van der Waals surface area (Å²) in [5.74, 6) is -0.210. The van der Waals surface area contributed by atoms with Gasteiger partial charge in [-0.3, -0.25) is 4.98 Å². The smallest absolute Gasteiger partial charge is 0.126 e. The first-order chi connectivity index (χ1) is 9.63. The molecule has 0 aliphatic rings. The van der Waals surface area contributed by atoms with Crippen molar-refractivity contribution in [3.8, 4) is 0 Å². The fourth-order valence-corrected chi connectivity index (χ4v) is 2.29. The molecule has 1 aromatic carbocycles. The minimum Gasteiger partial charge on any atom is -0.305 e. The minimum absolute atomic E-state index is 0.196. The van der Waals surface area contributed by atoms with Gasteiger partial charge in [0.05, 0.1) is 16.8 Å². The van der Waals surface area contributed by atoms with Gasteiger partial charge in [0.25, 0.3) is 0 Å². The van der Waals surface area contributed by atoms with Gasteiger partial charge in [0, 0.05) is 6.20 Å². The maximum Gasteiger partial charge on any atom is 0.126 e. The molecule has 4 heteroatoms. The van der Waals surface area contributed by atoms with Crippen molar-refractivity contribution >= 4 is 11.6 Å². The van der Waals surface area contributed by atoms with Gasteiger partial charge < -0.3 is 5.32 Å². The Morgan fingerprint density at radius 3 is 2.80 bits per heavy atom. The van der Waals surface area contributed by atoms with Crippen molar-refractivity contribution in [3.05, 3.63) is 64.2 Å². The lowest BCUT2D eigenvalue weighted by atomic mass is 10.0. The standard InChI is InChI=1S/C16H18ClFN2/c1-3-8-19-15(16-13(17)5-4-9-20-16)12-7-6-11(2)14(18)10-12/h4-7,9-10,15,19H,3,8H2,1-2H3. The quantitative estimate of drug-likeness (QED) is 0.890. The molecule has 20 heavy (non-hydrogen) atoms. The first-order valence-electron chi connectivity index (χ1n) is 6.73. The SMILES string of the molecule is CCCNC(c1ccc(C)c(F)c1)c1ncccc1Cl. The van der Waals surface area contributed by atoms with Gasteiger partial charge in [0.1, 0.15) is 5.82 Å². The lowest BCUT2D eigenvalue weighted by molar-refractivity contribution is 0.574. The third kappa shape index (κ3) is 3.35. The number of benzene rings is 1. The Kier molecular flexibility index (Phi) is 5.10.